The lowest BCUT2D eigenvalue weighted by atomic mass is 10.4. The molecule has 0 aromatic carbocycles. The molecule has 0 unspecified atom stereocenters. The van der Waals surface area contributed by atoms with Crippen LogP contribution in [0.4, 0.5) is 4.79 Å². The molecule has 2 aromatic heterocycles. The summed E-state index contributed by atoms with van der Waals surface area (Å²) in [7, 11) is -1.06. The molecular formula is C15H18N4O6S. The average Bonchev–Trinajstić information content (AvgIpc) is 3.08. The number of hydrogen-bond donors (Lipinski definition) is 2. The zero-order valence-corrected chi connectivity index (χ0v) is 14.9. The molecule has 11 heteroatoms. The first-order chi connectivity index (χ1) is 12.2. The Morgan fingerprint density at radius 2 is 1.96 bits per heavy atom. The van der Waals surface area contributed by atoms with Crippen molar-refractivity contribution in [2.24, 2.45) is 0 Å². The summed E-state index contributed by atoms with van der Waals surface area (Å²) in [5.74, 6) is -0.270. The topological polar surface area (TPSA) is 131 Å². The molecule has 0 atom stereocenters. The number of hydrogen-bond acceptors (Lipinski definition) is 6. The zero-order chi connectivity index (χ0) is 19.3. The minimum absolute atomic E-state index is 0.0859. The third-order valence-electron chi connectivity index (χ3n) is 3.31. The van der Waals surface area contributed by atoms with E-state index in [9.17, 15) is 22.8 Å². The van der Waals surface area contributed by atoms with Gasteiger partial charge in [0.1, 0.15) is 12.3 Å². The summed E-state index contributed by atoms with van der Waals surface area (Å²) >= 11 is 0. The van der Waals surface area contributed by atoms with E-state index in [-0.39, 0.29) is 11.4 Å². The number of aromatic nitrogens is 1. The second kappa shape index (κ2) is 7.97. The average molecular weight is 382 g/mol. The first kappa shape index (κ1) is 19.4. The van der Waals surface area contributed by atoms with Gasteiger partial charge in [-0.3, -0.25) is 14.9 Å². The quantitative estimate of drug-likeness (QED) is 0.706. The second-order valence-electron chi connectivity index (χ2n) is 5.43. The van der Waals surface area contributed by atoms with E-state index < -0.39 is 34.1 Å². The highest BCUT2D eigenvalue weighted by atomic mass is 32.2. The minimum atomic E-state index is -3.76. The van der Waals surface area contributed by atoms with E-state index in [4.69, 9.17) is 4.42 Å². The summed E-state index contributed by atoms with van der Waals surface area (Å²) < 4.78 is 31.1. The fraction of sp³-hybridized carbons (Fsp3) is 0.267. The van der Waals surface area contributed by atoms with Crippen molar-refractivity contribution in [3.8, 4) is 0 Å². The largest absolute Gasteiger partial charge is 0.467 e. The van der Waals surface area contributed by atoms with Gasteiger partial charge in [0, 0.05) is 26.4 Å². The van der Waals surface area contributed by atoms with E-state index in [1.807, 2.05) is 5.32 Å². The molecule has 2 N–H and O–H groups in total. The molecule has 0 aliphatic rings. The van der Waals surface area contributed by atoms with E-state index in [1.165, 1.54) is 20.4 Å². The van der Waals surface area contributed by atoms with E-state index in [0.29, 0.717) is 5.76 Å². The van der Waals surface area contributed by atoms with E-state index in [0.717, 1.165) is 27.2 Å². The first-order valence-corrected chi connectivity index (χ1v) is 8.87. The maximum Gasteiger partial charge on any atom is 0.321 e. The number of amides is 3. The molecule has 26 heavy (non-hydrogen) atoms. The Morgan fingerprint density at radius 1 is 1.23 bits per heavy atom. The number of urea groups is 1. The van der Waals surface area contributed by atoms with Crippen LogP contribution >= 0.6 is 0 Å². The highest BCUT2D eigenvalue weighted by molar-refractivity contribution is 7.89. The van der Waals surface area contributed by atoms with Crippen LogP contribution in [0.15, 0.2) is 50.8 Å². The van der Waals surface area contributed by atoms with Crippen LogP contribution in [0.5, 0.6) is 0 Å². The summed E-state index contributed by atoms with van der Waals surface area (Å²) in [5, 5.41) is 4.46. The number of rotatable bonds is 6. The van der Waals surface area contributed by atoms with Gasteiger partial charge in [0.25, 0.3) is 5.56 Å². The maximum absolute atomic E-state index is 12.1. The molecule has 2 rings (SSSR count). The van der Waals surface area contributed by atoms with Gasteiger partial charge in [-0.05, 0) is 18.2 Å². The van der Waals surface area contributed by atoms with E-state index in [1.54, 1.807) is 12.1 Å². The zero-order valence-electron chi connectivity index (χ0n) is 14.1. The predicted molar refractivity (Wildman–Crippen MR) is 90.7 cm³/mol. The van der Waals surface area contributed by atoms with Crippen LogP contribution in [-0.4, -0.2) is 43.3 Å². The van der Waals surface area contributed by atoms with Crippen molar-refractivity contribution in [2.45, 2.75) is 18.0 Å². The second-order valence-corrected chi connectivity index (χ2v) is 7.58. The standard InChI is InChI=1S/C15H18N4O6S/c1-18(2)26(23,24)12-5-6-14(21)19(9-12)10-13(20)17-15(22)16-8-11-4-3-7-25-11/h3-7,9H,8,10H2,1-2H3,(H2,16,17,20,22). The van der Waals surface area contributed by atoms with Gasteiger partial charge in [-0.15, -0.1) is 0 Å². The van der Waals surface area contributed by atoms with Gasteiger partial charge in [-0.2, -0.15) is 0 Å². The summed E-state index contributed by atoms with van der Waals surface area (Å²) in [6.45, 7) is -0.424. The Morgan fingerprint density at radius 3 is 2.58 bits per heavy atom. The van der Waals surface area contributed by atoms with Crippen LogP contribution < -0.4 is 16.2 Å². The number of imide groups is 1. The molecule has 0 aliphatic carbocycles. The minimum Gasteiger partial charge on any atom is -0.467 e. The van der Waals surface area contributed by atoms with Crippen LogP contribution in [0, 0.1) is 0 Å². The molecule has 3 amide bonds. The Bertz CT molecular complexity index is 947. The highest BCUT2D eigenvalue weighted by Gasteiger charge is 2.19. The number of carbonyl (C=O) groups excluding carboxylic acids is 2. The van der Waals surface area contributed by atoms with Crippen LogP contribution in [-0.2, 0) is 27.9 Å². The third kappa shape index (κ3) is 4.80. The van der Waals surface area contributed by atoms with Gasteiger partial charge >= 0.3 is 6.03 Å². The Balaban J connectivity index is 2.02. The predicted octanol–water partition coefficient (Wildman–Crippen LogP) is -0.282. The normalized spacial score (nSPS) is 11.3. The van der Waals surface area contributed by atoms with Crippen LogP contribution in [0.3, 0.4) is 0 Å². The van der Waals surface area contributed by atoms with Gasteiger partial charge in [-0.25, -0.2) is 17.5 Å². The number of pyridine rings is 1. The summed E-state index contributed by atoms with van der Waals surface area (Å²) in [4.78, 5) is 35.3. The van der Waals surface area contributed by atoms with Crippen molar-refractivity contribution >= 4 is 22.0 Å². The molecule has 0 bridgehead atoms. The lowest BCUT2D eigenvalue weighted by Gasteiger charge is -2.13. The van der Waals surface area contributed by atoms with Crippen LogP contribution in [0.1, 0.15) is 5.76 Å². The smallest absolute Gasteiger partial charge is 0.321 e. The fourth-order valence-electron chi connectivity index (χ4n) is 1.94. The summed E-state index contributed by atoms with van der Waals surface area (Å²) in [6, 6.07) is 4.74. The number of nitrogens with one attached hydrogen (secondary N) is 2. The Hall–Kier alpha value is -2.92. The maximum atomic E-state index is 12.1. The fourth-order valence-corrected chi connectivity index (χ4v) is 2.86. The van der Waals surface area contributed by atoms with Crippen molar-refractivity contribution in [3.05, 3.63) is 52.8 Å². The molecule has 0 spiro atoms. The van der Waals surface area contributed by atoms with Crippen molar-refractivity contribution in [1.29, 1.82) is 0 Å². The first-order valence-electron chi connectivity index (χ1n) is 7.43. The number of nitrogens with zero attached hydrogens (tertiary/aromatic N) is 2. The molecule has 0 radical (unpaired) electrons. The van der Waals surface area contributed by atoms with E-state index in [2.05, 4.69) is 5.32 Å². The van der Waals surface area contributed by atoms with Gasteiger partial charge in [0.2, 0.25) is 15.9 Å². The molecule has 2 heterocycles. The molecule has 140 valence electrons. The van der Waals surface area contributed by atoms with Crippen molar-refractivity contribution < 1.29 is 22.4 Å². The summed E-state index contributed by atoms with van der Waals surface area (Å²) in [5.41, 5.74) is -0.575. The lowest BCUT2D eigenvalue weighted by molar-refractivity contribution is -0.120. The van der Waals surface area contributed by atoms with Gasteiger partial charge in [-0.1, -0.05) is 0 Å². The monoisotopic (exact) mass is 382 g/mol. The molecular weight excluding hydrogens is 364 g/mol. The molecule has 0 fully saturated rings. The van der Waals surface area contributed by atoms with Gasteiger partial charge in [0.15, 0.2) is 0 Å². The van der Waals surface area contributed by atoms with Crippen molar-refractivity contribution in [2.75, 3.05) is 14.1 Å². The molecule has 10 nitrogen and oxygen atoms in total. The van der Waals surface area contributed by atoms with Crippen LogP contribution in [0.25, 0.3) is 0 Å². The highest BCUT2D eigenvalue weighted by Crippen LogP contribution is 2.10. The lowest BCUT2D eigenvalue weighted by Crippen LogP contribution is -2.41. The third-order valence-corrected chi connectivity index (χ3v) is 5.10. The number of sulfonamides is 1. The molecule has 0 aliphatic heterocycles. The Kier molecular flexibility index (Phi) is 5.95. The van der Waals surface area contributed by atoms with Crippen molar-refractivity contribution in [3.63, 3.8) is 0 Å². The molecule has 0 saturated heterocycles. The molecule has 2 aromatic rings. The summed E-state index contributed by atoms with van der Waals surface area (Å²) in [6.07, 6.45) is 2.50. The van der Waals surface area contributed by atoms with Gasteiger partial charge in [0.05, 0.1) is 17.7 Å². The van der Waals surface area contributed by atoms with Crippen molar-refractivity contribution in [1.82, 2.24) is 19.5 Å². The molecule has 0 saturated carbocycles. The number of carbonyl (C=O) groups is 2. The van der Waals surface area contributed by atoms with Gasteiger partial charge < -0.3 is 14.3 Å². The number of furan rings is 1. The Labute approximate surface area is 149 Å². The SMILES string of the molecule is CN(C)S(=O)(=O)c1ccc(=O)n(CC(=O)NC(=O)NCc2ccco2)c1. The van der Waals surface area contributed by atoms with Crippen LogP contribution in [0.2, 0.25) is 0 Å². The van der Waals surface area contributed by atoms with E-state index >= 15 is 0 Å².